The molecule has 0 aromatic heterocycles. The Morgan fingerprint density at radius 2 is 1.79 bits per heavy atom. The third kappa shape index (κ3) is 4.70. The van der Waals surface area contributed by atoms with Crippen LogP contribution in [0.5, 0.6) is 5.75 Å². The normalized spacial score (nSPS) is 16.4. The maximum atomic E-state index is 12.7. The summed E-state index contributed by atoms with van der Waals surface area (Å²) in [5.74, 6) is 0.666. The van der Waals surface area contributed by atoms with Crippen LogP contribution in [-0.4, -0.2) is 45.5 Å². The fourth-order valence-electron chi connectivity index (χ4n) is 2.84. The van der Waals surface area contributed by atoms with Crippen molar-refractivity contribution in [1.82, 2.24) is 9.62 Å². The third-order valence-corrected chi connectivity index (χ3v) is 5.58. The maximum Gasteiger partial charge on any atom is 0.241 e. The summed E-state index contributed by atoms with van der Waals surface area (Å²) in [5, 5.41) is 0. The van der Waals surface area contributed by atoms with Gasteiger partial charge in [0.15, 0.2) is 0 Å². The molecule has 0 saturated carbocycles. The minimum atomic E-state index is -3.76. The number of hydrogen-bond acceptors (Lipinski definition) is 4. The number of ether oxygens (including phenoxy) is 1. The van der Waals surface area contributed by atoms with Crippen molar-refractivity contribution in [3.63, 3.8) is 0 Å². The van der Waals surface area contributed by atoms with E-state index in [4.69, 9.17) is 4.74 Å². The number of methoxy groups -OCH3 is 1. The molecule has 7 heteroatoms. The van der Waals surface area contributed by atoms with Crippen LogP contribution in [0.1, 0.15) is 33.1 Å². The zero-order chi connectivity index (χ0) is 17.7. The molecular weight excluding hydrogens is 328 g/mol. The fourth-order valence-corrected chi connectivity index (χ4v) is 4.04. The van der Waals surface area contributed by atoms with E-state index in [1.807, 2.05) is 13.8 Å². The van der Waals surface area contributed by atoms with E-state index in [1.165, 1.54) is 19.2 Å². The Morgan fingerprint density at radius 1 is 1.21 bits per heavy atom. The van der Waals surface area contributed by atoms with Gasteiger partial charge in [-0.1, -0.05) is 13.8 Å². The van der Waals surface area contributed by atoms with Gasteiger partial charge in [0.05, 0.1) is 12.0 Å². The second-order valence-corrected chi connectivity index (χ2v) is 8.23. The lowest BCUT2D eigenvalue weighted by atomic mass is 10.0. The lowest BCUT2D eigenvalue weighted by Gasteiger charge is -2.25. The number of likely N-dealkylation sites (tertiary alicyclic amines) is 1. The van der Waals surface area contributed by atoms with Gasteiger partial charge in [-0.3, -0.25) is 4.79 Å². The van der Waals surface area contributed by atoms with Crippen molar-refractivity contribution in [2.24, 2.45) is 5.92 Å². The van der Waals surface area contributed by atoms with Crippen molar-refractivity contribution < 1.29 is 17.9 Å². The standard InChI is InChI=1S/C17H26N2O4S/c1-13(2)12-16(17(20)19-10-4-5-11-19)18-24(21,22)15-8-6-14(23-3)7-9-15/h6-9,13,16,18H,4-5,10-12H2,1-3H3/t16-/m0/s1. The molecule has 0 bridgehead atoms. The summed E-state index contributed by atoms with van der Waals surface area (Å²) in [5.41, 5.74) is 0. The summed E-state index contributed by atoms with van der Waals surface area (Å²) in [4.78, 5) is 14.6. The van der Waals surface area contributed by atoms with Gasteiger partial charge in [-0.05, 0) is 49.4 Å². The molecular formula is C17H26N2O4S. The molecule has 1 aromatic carbocycles. The van der Waals surface area contributed by atoms with Crippen LogP contribution in [0, 0.1) is 5.92 Å². The summed E-state index contributed by atoms with van der Waals surface area (Å²) in [7, 11) is -2.23. The first-order chi connectivity index (χ1) is 11.3. The minimum Gasteiger partial charge on any atom is -0.497 e. The topological polar surface area (TPSA) is 75.7 Å². The van der Waals surface area contributed by atoms with Crippen LogP contribution in [0.2, 0.25) is 0 Å². The lowest BCUT2D eigenvalue weighted by Crippen LogP contribution is -2.48. The number of nitrogens with zero attached hydrogens (tertiary/aromatic N) is 1. The van der Waals surface area contributed by atoms with Crippen molar-refractivity contribution in [3.8, 4) is 5.75 Å². The van der Waals surface area contributed by atoms with E-state index < -0.39 is 16.1 Å². The van der Waals surface area contributed by atoms with E-state index >= 15 is 0 Å². The molecule has 2 rings (SSSR count). The number of benzene rings is 1. The molecule has 0 aliphatic carbocycles. The molecule has 1 aliphatic heterocycles. The highest BCUT2D eigenvalue weighted by molar-refractivity contribution is 7.89. The number of hydrogen-bond donors (Lipinski definition) is 1. The third-order valence-electron chi connectivity index (χ3n) is 4.09. The smallest absolute Gasteiger partial charge is 0.241 e. The van der Waals surface area contributed by atoms with Crippen molar-refractivity contribution in [3.05, 3.63) is 24.3 Å². The number of amides is 1. The Kier molecular flexibility index (Phi) is 6.23. The SMILES string of the molecule is COc1ccc(S(=O)(=O)N[C@@H](CC(C)C)C(=O)N2CCCC2)cc1. The highest BCUT2D eigenvalue weighted by atomic mass is 32.2. The molecule has 1 atom stereocenters. The van der Waals surface area contributed by atoms with Crippen LogP contribution >= 0.6 is 0 Å². The second-order valence-electron chi connectivity index (χ2n) is 6.51. The van der Waals surface area contributed by atoms with Gasteiger partial charge in [-0.25, -0.2) is 8.42 Å². The fraction of sp³-hybridized carbons (Fsp3) is 0.588. The molecule has 0 unspecified atom stereocenters. The van der Waals surface area contributed by atoms with E-state index in [2.05, 4.69) is 4.72 Å². The van der Waals surface area contributed by atoms with Crippen LogP contribution in [-0.2, 0) is 14.8 Å². The molecule has 1 heterocycles. The van der Waals surface area contributed by atoms with E-state index in [9.17, 15) is 13.2 Å². The summed E-state index contributed by atoms with van der Waals surface area (Å²) >= 11 is 0. The predicted molar refractivity (Wildman–Crippen MR) is 92.4 cm³/mol. The molecule has 1 aromatic rings. The van der Waals surface area contributed by atoms with Gasteiger partial charge >= 0.3 is 0 Å². The van der Waals surface area contributed by atoms with Crippen LogP contribution in [0.15, 0.2) is 29.2 Å². The zero-order valence-electron chi connectivity index (χ0n) is 14.5. The number of nitrogens with one attached hydrogen (secondary N) is 1. The molecule has 1 N–H and O–H groups in total. The van der Waals surface area contributed by atoms with E-state index in [-0.39, 0.29) is 16.7 Å². The van der Waals surface area contributed by atoms with Crippen LogP contribution in [0.3, 0.4) is 0 Å². The highest BCUT2D eigenvalue weighted by Gasteiger charge is 2.31. The molecule has 0 radical (unpaired) electrons. The first-order valence-corrected chi connectivity index (χ1v) is 9.77. The first kappa shape index (κ1) is 18.7. The Bertz CT molecular complexity index is 650. The lowest BCUT2D eigenvalue weighted by molar-refractivity contribution is -0.132. The van der Waals surface area contributed by atoms with E-state index in [0.717, 1.165) is 12.8 Å². The van der Waals surface area contributed by atoms with Gasteiger partial charge in [0.1, 0.15) is 11.8 Å². The quantitative estimate of drug-likeness (QED) is 0.813. The molecule has 1 amide bonds. The van der Waals surface area contributed by atoms with E-state index in [0.29, 0.717) is 25.3 Å². The maximum absolute atomic E-state index is 12.7. The van der Waals surface area contributed by atoms with Gasteiger partial charge in [0, 0.05) is 13.1 Å². The monoisotopic (exact) mass is 354 g/mol. The molecule has 6 nitrogen and oxygen atoms in total. The van der Waals surface area contributed by atoms with Crippen LogP contribution < -0.4 is 9.46 Å². The minimum absolute atomic E-state index is 0.127. The zero-order valence-corrected chi connectivity index (χ0v) is 15.3. The highest BCUT2D eigenvalue weighted by Crippen LogP contribution is 2.18. The molecule has 0 spiro atoms. The van der Waals surface area contributed by atoms with Gasteiger partial charge < -0.3 is 9.64 Å². The van der Waals surface area contributed by atoms with Gasteiger partial charge in [0.25, 0.3) is 0 Å². The average molecular weight is 354 g/mol. The molecule has 1 saturated heterocycles. The summed E-state index contributed by atoms with van der Waals surface area (Å²) < 4.78 is 32.9. The summed E-state index contributed by atoms with van der Waals surface area (Å²) in [6.45, 7) is 5.37. The number of carbonyl (C=O) groups excluding carboxylic acids is 1. The van der Waals surface area contributed by atoms with Crippen molar-refractivity contribution in [2.45, 2.75) is 44.0 Å². The van der Waals surface area contributed by atoms with Crippen LogP contribution in [0.4, 0.5) is 0 Å². The predicted octanol–water partition coefficient (Wildman–Crippen LogP) is 2.01. The van der Waals surface area contributed by atoms with Crippen molar-refractivity contribution >= 4 is 15.9 Å². The number of rotatable bonds is 7. The van der Waals surface area contributed by atoms with Gasteiger partial charge in [-0.2, -0.15) is 4.72 Å². The molecule has 24 heavy (non-hydrogen) atoms. The van der Waals surface area contributed by atoms with Gasteiger partial charge in [-0.15, -0.1) is 0 Å². The van der Waals surface area contributed by atoms with Crippen molar-refractivity contribution in [2.75, 3.05) is 20.2 Å². The Morgan fingerprint density at radius 3 is 2.29 bits per heavy atom. The van der Waals surface area contributed by atoms with Crippen LogP contribution in [0.25, 0.3) is 0 Å². The Labute approximate surface area is 144 Å². The van der Waals surface area contributed by atoms with E-state index in [1.54, 1.807) is 17.0 Å². The summed E-state index contributed by atoms with van der Waals surface area (Å²) in [6.07, 6.45) is 2.43. The number of sulfonamides is 1. The second kappa shape index (κ2) is 7.98. The number of carbonyl (C=O) groups is 1. The van der Waals surface area contributed by atoms with Crippen molar-refractivity contribution in [1.29, 1.82) is 0 Å². The molecule has 1 fully saturated rings. The average Bonchev–Trinajstić information content (AvgIpc) is 3.07. The first-order valence-electron chi connectivity index (χ1n) is 8.28. The van der Waals surface area contributed by atoms with Gasteiger partial charge in [0.2, 0.25) is 15.9 Å². The summed E-state index contributed by atoms with van der Waals surface area (Å²) in [6, 6.07) is 5.42. The Balaban J connectivity index is 2.18. The Hall–Kier alpha value is -1.60. The molecule has 1 aliphatic rings. The molecule has 134 valence electrons. The largest absolute Gasteiger partial charge is 0.497 e.